The van der Waals surface area contributed by atoms with Crippen molar-refractivity contribution < 1.29 is 8.42 Å². The van der Waals surface area contributed by atoms with Crippen LogP contribution in [0.1, 0.15) is 18.4 Å². The maximum atomic E-state index is 11.7. The molecule has 8 nitrogen and oxygen atoms in total. The van der Waals surface area contributed by atoms with Crippen LogP contribution in [0, 0.1) is 0 Å². The Labute approximate surface area is 144 Å². The van der Waals surface area contributed by atoms with Crippen LogP contribution < -0.4 is 9.62 Å². The van der Waals surface area contributed by atoms with E-state index >= 15 is 0 Å². The van der Waals surface area contributed by atoms with Crippen LogP contribution in [0.4, 0.5) is 22.2 Å². The van der Waals surface area contributed by atoms with Crippen LogP contribution in [0.2, 0.25) is 0 Å². The molecule has 0 saturated heterocycles. The number of hydrogen-bond donors (Lipinski definition) is 1. The van der Waals surface area contributed by atoms with E-state index in [1.54, 1.807) is 5.51 Å². The SMILES string of the molecule is CN1CCCCc2cc(N=Nc3nncs3)c(NS(C)(=O)=O)cc21. The molecule has 0 spiro atoms. The number of nitrogens with one attached hydrogen (secondary N) is 1. The van der Waals surface area contributed by atoms with Gasteiger partial charge in [0, 0.05) is 19.3 Å². The van der Waals surface area contributed by atoms with E-state index in [-0.39, 0.29) is 0 Å². The molecular formula is C14H18N6O2S2. The van der Waals surface area contributed by atoms with Crippen LogP contribution in [-0.2, 0) is 16.4 Å². The highest BCUT2D eigenvalue weighted by Gasteiger charge is 2.17. The molecule has 0 aliphatic carbocycles. The van der Waals surface area contributed by atoms with Gasteiger partial charge < -0.3 is 4.90 Å². The van der Waals surface area contributed by atoms with E-state index in [4.69, 9.17) is 0 Å². The van der Waals surface area contributed by atoms with Crippen LogP contribution in [0.25, 0.3) is 0 Å². The molecule has 3 rings (SSSR count). The Kier molecular flexibility index (Phi) is 4.76. The summed E-state index contributed by atoms with van der Waals surface area (Å²) in [6, 6.07) is 3.73. The third kappa shape index (κ3) is 4.06. The number of benzene rings is 1. The van der Waals surface area contributed by atoms with E-state index in [1.807, 2.05) is 19.2 Å². The number of azo groups is 1. The molecular weight excluding hydrogens is 348 g/mol. The highest BCUT2D eigenvalue weighted by molar-refractivity contribution is 7.92. The number of nitrogens with zero attached hydrogens (tertiary/aromatic N) is 5. The number of sulfonamides is 1. The number of anilines is 2. The number of hydrogen-bond acceptors (Lipinski definition) is 8. The van der Waals surface area contributed by atoms with Crippen molar-refractivity contribution in [1.82, 2.24) is 10.2 Å². The summed E-state index contributed by atoms with van der Waals surface area (Å²) in [5, 5.41) is 16.2. The molecule has 10 heteroatoms. The quantitative estimate of drug-likeness (QED) is 0.838. The van der Waals surface area contributed by atoms with Crippen molar-refractivity contribution in [3.8, 4) is 0 Å². The van der Waals surface area contributed by atoms with Gasteiger partial charge in [-0.1, -0.05) is 11.3 Å². The minimum absolute atomic E-state index is 0.415. The maximum absolute atomic E-state index is 11.7. The van der Waals surface area contributed by atoms with Crippen LogP contribution in [-0.4, -0.2) is 38.5 Å². The summed E-state index contributed by atoms with van der Waals surface area (Å²) in [5.41, 5.74) is 4.62. The van der Waals surface area contributed by atoms with Gasteiger partial charge in [0.15, 0.2) is 0 Å². The van der Waals surface area contributed by atoms with E-state index < -0.39 is 10.0 Å². The highest BCUT2D eigenvalue weighted by atomic mass is 32.2. The molecule has 1 aromatic heterocycles. The van der Waals surface area contributed by atoms with Crippen LogP contribution in [0.15, 0.2) is 27.9 Å². The molecule has 1 aliphatic rings. The first-order chi connectivity index (χ1) is 11.4. The first-order valence-electron chi connectivity index (χ1n) is 7.46. The fourth-order valence-corrected chi connectivity index (χ4v) is 3.57. The zero-order chi connectivity index (χ0) is 17.2. The van der Waals surface area contributed by atoms with Crippen molar-refractivity contribution >= 4 is 43.6 Å². The Hall–Kier alpha value is -2.07. The van der Waals surface area contributed by atoms with Gasteiger partial charge in [0.2, 0.25) is 10.0 Å². The van der Waals surface area contributed by atoms with Crippen LogP contribution in [0.3, 0.4) is 0 Å². The number of fused-ring (bicyclic) bond motifs is 1. The second kappa shape index (κ2) is 6.81. The van der Waals surface area contributed by atoms with Crippen molar-refractivity contribution in [3.05, 3.63) is 23.2 Å². The number of rotatable bonds is 4. The monoisotopic (exact) mass is 366 g/mol. The molecule has 1 aromatic carbocycles. The molecule has 1 N–H and O–H groups in total. The number of aryl methyl sites for hydroxylation is 1. The summed E-state index contributed by atoms with van der Waals surface area (Å²) in [7, 11) is -1.41. The molecule has 0 saturated carbocycles. The molecule has 0 atom stereocenters. The lowest BCUT2D eigenvalue weighted by Gasteiger charge is -2.21. The van der Waals surface area contributed by atoms with E-state index in [9.17, 15) is 8.42 Å². The normalized spacial score (nSPS) is 15.3. The van der Waals surface area contributed by atoms with Gasteiger partial charge in [-0.25, -0.2) is 8.42 Å². The molecule has 0 bridgehead atoms. The van der Waals surface area contributed by atoms with E-state index in [2.05, 4.69) is 30.0 Å². The Morgan fingerprint density at radius 2 is 2.12 bits per heavy atom. The van der Waals surface area contributed by atoms with E-state index in [0.29, 0.717) is 16.5 Å². The van der Waals surface area contributed by atoms with Gasteiger partial charge in [0.05, 0.1) is 11.9 Å². The zero-order valence-corrected chi connectivity index (χ0v) is 15.1. The average Bonchev–Trinajstić information content (AvgIpc) is 2.96. The minimum atomic E-state index is -3.42. The molecule has 2 aromatic rings. The molecule has 0 fully saturated rings. The second-order valence-electron chi connectivity index (χ2n) is 5.67. The topological polar surface area (TPSA) is 99.9 Å². The fourth-order valence-electron chi connectivity index (χ4n) is 2.63. The summed E-state index contributed by atoms with van der Waals surface area (Å²) in [6.45, 7) is 0.941. The van der Waals surface area contributed by atoms with Crippen molar-refractivity contribution in [2.45, 2.75) is 19.3 Å². The lowest BCUT2D eigenvalue weighted by Crippen LogP contribution is -2.18. The molecule has 24 heavy (non-hydrogen) atoms. The average molecular weight is 366 g/mol. The molecule has 2 heterocycles. The maximum Gasteiger partial charge on any atom is 0.251 e. The lowest BCUT2D eigenvalue weighted by molar-refractivity contribution is 0.607. The third-order valence-electron chi connectivity index (χ3n) is 3.69. The predicted octanol–water partition coefficient (Wildman–Crippen LogP) is 3.10. The second-order valence-corrected chi connectivity index (χ2v) is 8.23. The first-order valence-corrected chi connectivity index (χ1v) is 10.2. The van der Waals surface area contributed by atoms with E-state index in [0.717, 1.165) is 43.3 Å². The Morgan fingerprint density at radius 1 is 1.29 bits per heavy atom. The van der Waals surface area contributed by atoms with E-state index in [1.165, 1.54) is 11.3 Å². The van der Waals surface area contributed by atoms with Gasteiger partial charge >= 0.3 is 0 Å². The van der Waals surface area contributed by atoms with Gasteiger partial charge in [-0.3, -0.25) is 4.72 Å². The Morgan fingerprint density at radius 3 is 2.83 bits per heavy atom. The molecule has 1 aliphatic heterocycles. The first kappa shape index (κ1) is 16.8. The predicted molar refractivity (Wildman–Crippen MR) is 95.2 cm³/mol. The van der Waals surface area contributed by atoms with Crippen molar-refractivity contribution in [1.29, 1.82) is 0 Å². The van der Waals surface area contributed by atoms with Gasteiger partial charge in [-0.15, -0.1) is 20.4 Å². The summed E-state index contributed by atoms with van der Waals surface area (Å²) in [5.74, 6) is 0. The molecule has 0 amide bonds. The molecule has 0 unspecified atom stereocenters. The van der Waals surface area contributed by atoms with Gasteiger partial charge in [0.25, 0.3) is 5.13 Å². The Bertz CT molecular complexity index is 848. The van der Waals surface area contributed by atoms with Crippen molar-refractivity contribution in [3.63, 3.8) is 0 Å². The summed E-state index contributed by atoms with van der Waals surface area (Å²) in [4.78, 5) is 2.14. The fraction of sp³-hybridized carbons (Fsp3) is 0.429. The van der Waals surface area contributed by atoms with Gasteiger partial charge in [-0.05, 0) is 37.0 Å². The summed E-state index contributed by atoms with van der Waals surface area (Å²) < 4.78 is 25.9. The third-order valence-corrected chi connectivity index (χ3v) is 4.85. The van der Waals surface area contributed by atoms with Crippen molar-refractivity contribution in [2.24, 2.45) is 10.2 Å². The van der Waals surface area contributed by atoms with Crippen LogP contribution in [0.5, 0.6) is 0 Å². The number of aromatic nitrogens is 2. The van der Waals surface area contributed by atoms with Crippen LogP contribution >= 0.6 is 11.3 Å². The lowest BCUT2D eigenvalue weighted by atomic mass is 10.1. The summed E-state index contributed by atoms with van der Waals surface area (Å²) in [6.07, 6.45) is 4.24. The molecule has 128 valence electrons. The molecule has 0 radical (unpaired) electrons. The van der Waals surface area contributed by atoms with Gasteiger partial charge in [0.1, 0.15) is 11.2 Å². The highest BCUT2D eigenvalue weighted by Crippen LogP contribution is 2.37. The largest absolute Gasteiger partial charge is 0.374 e. The summed E-state index contributed by atoms with van der Waals surface area (Å²) >= 11 is 1.26. The standard InChI is InChI=1S/C14H18N6O2S2/c1-20-6-4-3-5-10-7-11(16-18-14-17-15-9-23-14)12(8-13(10)20)19-24(2,21)22/h7-9,19H,3-6H2,1-2H3. The van der Waals surface area contributed by atoms with Crippen molar-refractivity contribution in [2.75, 3.05) is 29.5 Å². The Balaban J connectivity index is 2.05. The van der Waals surface area contributed by atoms with Gasteiger partial charge in [-0.2, -0.15) is 0 Å². The minimum Gasteiger partial charge on any atom is -0.374 e. The zero-order valence-electron chi connectivity index (χ0n) is 13.4. The smallest absolute Gasteiger partial charge is 0.251 e.